The Morgan fingerprint density at radius 2 is 2.36 bits per heavy atom. The number of thioether (sulfide) groups is 1. The number of hydrogen-bond donors (Lipinski definition) is 2. The van der Waals surface area contributed by atoms with Gasteiger partial charge in [0.25, 0.3) is 0 Å². The molecule has 3 N–H and O–H groups in total. The summed E-state index contributed by atoms with van der Waals surface area (Å²) in [4.78, 5) is 10.9. The minimum absolute atomic E-state index is 0.390. The van der Waals surface area contributed by atoms with Gasteiger partial charge >= 0.3 is 0 Å². The first-order chi connectivity index (χ1) is 6.74. The molecule has 3 nitrogen and oxygen atoms in total. The Morgan fingerprint density at radius 1 is 1.57 bits per heavy atom. The Kier molecular flexibility index (Phi) is 4.32. The lowest BCUT2D eigenvalue weighted by Crippen LogP contribution is -2.11. The molecule has 0 fully saturated rings. The summed E-state index contributed by atoms with van der Waals surface area (Å²) < 4.78 is 0. The highest BCUT2D eigenvalue weighted by molar-refractivity contribution is 7.98. The van der Waals surface area contributed by atoms with Gasteiger partial charge in [-0.1, -0.05) is 6.07 Å². The van der Waals surface area contributed by atoms with E-state index in [1.54, 1.807) is 23.9 Å². The first kappa shape index (κ1) is 10.9. The molecule has 14 heavy (non-hydrogen) atoms. The first-order valence-electron chi connectivity index (χ1n) is 4.36. The zero-order valence-corrected chi connectivity index (χ0v) is 8.93. The molecule has 0 atom stereocenters. The first-order valence-corrected chi connectivity index (χ1v) is 5.76. The fraction of sp³-hybridized carbons (Fsp3) is 0.300. The smallest absolute Gasteiger partial charge is 0.248 e. The van der Waals surface area contributed by atoms with Crippen molar-refractivity contribution < 1.29 is 4.79 Å². The zero-order chi connectivity index (χ0) is 10.4. The Morgan fingerprint density at radius 3 is 3.00 bits per heavy atom. The Labute approximate surface area is 88.1 Å². The van der Waals surface area contributed by atoms with Crippen molar-refractivity contribution in [2.75, 3.05) is 23.9 Å². The van der Waals surface area contributed by atoms with Crippen molar-refractivity contribution in [3.05, 3.63) is 29.8 Å². The van der Waals surface area contributed by atoms with E-state index in [0.29, 0.717) is 5.56 Å². The van der Waals surface area contributed by atoms with Gasteiger partial charge in [0.2, 0.25) is 5.91 Å². The van der Waals surface area contributed by atoms with Crippen LogP contribution in [0.25, 0.3) is 0 Å². The van der Waals surface area contributed by atoms with E-state index in [1.807, 2.05) is 12.1 Å². The standard InChI is InChI=1S/C10H14N2OS/c1-14-6-5-12-9-4-2-3-8(7-9)10(11)13/h2-4,7,12H,5-6H2,1H3,(H2,11,13). The van der Waals surface area contributed by atoms with Crippen molar-refractivity contribution in [3.63, 3.8) is 0 Å². The van der Waals surface area contributed by atoms with Crippen molar-refractivity contribution in [2.24, 2.45) is 5.73 Å². The second-order valence-corrected chi connectivity index (χ2v) is 3.85. The molecule has 0 aliphatic rings. The van der Waals surface area contributed by atoms with Gasteiger partial charge in [0.1, 0.15) is 0 Å². The molecule has 1 rings (SSSR count). The molecule has 1 aromatic rings. The largest absolute Gasteiger partial charge is 0.384 e. The summed E-state index contributed by atoms with van der Waals surface area (Å²) in [5, 5.41) is 3.21. The maximum atomic E-state index is 10.9. The minimum atomic E-state index is -0.390. The predicted octanol–water partition coefficient (Wildman–Crippen LogP) is 1.56. The Balaban J connectivity index is 2.59. The van der Waals surface area contributed by atoms with Crippen LogP contribution in [0.15, 0.2) is 24.3 Å². The van der Waals surface area contributed by atoms with Crippen LogP contribution >= 0.6 is 11.8 Å². The molecule has 0 spiro atoms. The van der Waals surface area contributed by atoms with Crippen molar-refractivity contribution in [1.29, 1.82) is 0 Å². The Bertz CT molecular complexity index is 315. The van der Waals surface area contributed by atoms with E-state index in [-0.39, 0.29) is 0 Å². The molecule has 0 unspecified atom stereocenters. The quantitative estimate of drug-likeness (QED) is 0.725. The number of carbonyl (C=O) groups is 1. The minimum Gasteiger partial charge on any atom is -0.384 e. The number of amides is 1. The van der Waals surface area contributed by atoms with Gasteiger partial charge in [0.15, 0.2) is 0 Å². The van der Waals surface area contributed by atoms with Crippen LogP contribution in [-0.2, 0) is 0 Å². The molecule has 0 aromatic heterocycles. The SMILES string of the molecule is CSCCNc1cccc(C(N)=O)c1. The van der Waals surface area contributed by atoms with Crippen LogP contribution in [0.3, 0.4) is 0 Å². The number of nitrogens with one attached hydrogen (secondary N) is 1. The third-order valence-electron chi connectivity index (χ3n) is 1.78. The molecule has 0 aliphatic heterocycles. The molecule has 4 heteroatoms. The molecule has 0 aliphatic carbocycles. The summed E-state index contributed by atoms with van der Waals surface area (Å²) >= 11 is 1.78. The van der Waals surface area contributed by atoms with E-state index in [1.165, 1.54) is 0 Å². The summed E-state index contributed by atoms with van der Waals surface area (Å²) in [5.41, 5.74) is 6.65. The number of carbonyl (C=O) groups excluding carboxylic acids is 1. The average Bonchev–Trinajstić information content (AvgIpc) is 2.19. The number of primary amides is 1. The molecule has 0 saturated heterocycles. The molecule has 1 aromatic carbocycles. The maximum absolute atomic E-state index is 10.9. The molecule has 0 radical (unpaired) electrons. The van der Waals surface area contributed by atoms with Crippen LogP contribution in [-0.4, -0.2) is 24.5 Å². The molecule has 76 valence electrons. The highest BCUT2D eigenvalue weighted by Crippen LogP contribution is 2.09. The molecular formula is C10H14N2OS. The number of anilines is 1. The van der Waals surface area contributed by atoms with E-state index < -0.39 is 5.91 Å². The van der Waals surface area contributed by atoms with Gasteiger partial charge in [0, 0.05) is 23.5 Å². The lowest BCUT2D eigenvalue weighted by atomic mass is 10.2. The number of nitrogens with two attached hydrogens (primary N) is 1. The monoisotopic (exact) mass is 210 g/mol. The third kappa shape index (κ3) is 3.30. The average molecular weight is 210 g/mol. The molecule has 0 saturated carbocycles. The van der Waals surface area contributed by atoms with E-state index in [9.17, 15) is 4.79 Å². The van der Waals surface area contributed by atoms with Gasteiger partial charge in [-0.05, 0) is 24.5 Å². The van der Waals surface area contributed by atoms with E-state index >= 15 is 0 Å². The fourth-order valence-corrected chi connectivity index (χ4v) is 1.39. The second-order valence-electron chi connectivity index (χ2n) is 2.86. The topological polar surface area (TPSA) is 55.1 Å². The molecular weight excluding hydrogens is 196 g/mol. The molecule has 0 heterocycles. The maximum Gasteiger partial charge on any atom is 0.248 e. The van der Waals surface area contributed by atoms with Crippen LogP contribution < -0.4 is 11.1 Å². The van der Waals surface area contributed by atoms with Crippen LogP contribution in [0.2, 0.25) is 0 Å². The highest BCUT2D eigenvalue weighted by atomic mass is 32.2. The van der Waals surface area contributed by atoms with E-state index in [2.05, 4.69) is 11.6 Å². The normalized spacial score (nSPS) is 9.79. The number of rotatable bonds is 5. The number of benzene rings is 1. The van der Waals surface area contributed by atoms with Crippen LogP contribution in [0.1, 0.15) is 10.4 Å². The van der Waals surface area contributed by atoms with Crippen molar-refractivity contribution in [3.8, 4) is 0 Å². The van der Waals surface area contributed by atoms with Gasteiger partial charge in [0.05, 0.1) is 0 Å². The van der Waals surface area contributed by atoms with Gasteiger partial charge in [-0.15, -0.1) is 0 Å². The van der Waals surface area contributed by atoms with E-state index in [4.69, 9.17) is 5.73 Å². The third-order valence-corrected chi connectivity index (χ3v) is 2.39. The van der Waals surface area contributed by atoms with Crippen LogP contribution in [0.4, 0.5) is 5.69 Å². The molecule has 0 bridgehead atoms. The van der Waals surface area contributed by atoms with Crippen molar-refractivity contribution in [2.45, 2.75) is 0 Å². The second kappa shape index (κ2) is 5.54. The number of hydrogen-bond acceptors (Lipinski definition) is 3. The highest BCUT2D eigenvalue weighted by Gasteiger charge is 1.99. The zero-order valence-electron chi connectivity index (χ0n) is 8.12. The van der Waals surface area contributed by atoms with Gasteiger partial charge in [-0.3, -0.25) is 4.79 Å². The Hall–Kier alpha value is -1.16. The lowest BCUT2D eigenvalue weighted by molar-refractivity contribution is 0.100. The lowest BCUT2D eigenvalue weighted by Gasteiger charge is -2.05. The van der Waals surface area contributed by atoms with Crippen molar-refractivity contribution in [1.82, 2.24) is 0 Å². The van der Waals surface area contributed by atoms with Gasteiger partial charge < -0.3 is 11.1 Å². The summed E-state index contributed by atoms with van der Waals surface area (Å²) in [5.74, 6) is 0.652. The summed E-state index contributed by atoms with van der Waals surface area (Å²) in [6.45, 7) is 0.892. The van der Waals surface area contributed by atoms with Crippen LogP contribution in [0, 0.1) is 0 Å². The molecule has 1 amide bonds. The summed E-state index contributed by atoms with van der Waals surface area (Å²) in [6.07, 6.45) is 2.06. The van der Waals surface area contributed by atoms with Crippen molar-refractivity contribution >= 4 is 23.4 Å². The summed E-state index contributed by atoms with van der Waals surface area (Å²) in [7, 11) is 0. The summed E-state index contributed by atoms with van der Waals surface area (Å²) in [6, 6.07) is 7.22. The predicted molar refractivity (Wildman–Crippen MR) is 61.8 cm³/mol. The fourth-order valence-electron chi connectivity index (χ4n) is 1.08. The van der Waals surface area contributed by atoms with E-state index in [0.717, 1.165) is 18.0 Å². The van der Waals surface area contributed by atoms with Gasteiger partial charge in [-0.2, -0.15) is 11.8 Å². The van der Waals surface area contributed by atoms with Crippen LogP contribution in [0.5, 0.6) is 0 Å². The van der Waals surface area contributed by atoms with Gasteiger partial charge in [-0.25, -0.2) is 0 Å².